The molecule has 0 bridgehead atoms. The highest BCUT2D eigenvalue weighted by Crippen LogP contribution is 2.34. The van der Waals surface area contributed by atoms with E-state index < -0.39 is 5.97 Å². The quantitative estimate of drug-likeness (QED) is 0.669. The van der Waals surface area contributed by atoms with Crippen molar-refractivity contribution in [3.63, 3.8) is 0 Å². The van der Waals surface area contributed by atoms with Gasteiger partial charge in [-0.2, -0.15) is 5.10 Å². The summed E-state index contributed by atoms with van der Waals surface area (Å²) in [6.07, 6.45) is 0. The van der Waals surface area contributed by atoms with Crippen molar-refractivity contribution in [1.82, 2.24) is 9.78 Å². The highest BCUT2D eigenvalue weighted by molar-refractivity contribution is 6.04. The molecule has 2 aromatic carbocycles. The zero-order valence-electron chi connectivity index (χ0n) is 16.0. The number of benzene rings is 2. The lowest BCUT2D eigenvalue weighted by atomic mass is 10.1. The van der Waals surface area contributed by atoms with Gasteiger partial charge in [0.2, 0.25) is 6.79 Å². The van der Waals surface area contributed by atoms with E-state index in [0.717, 1.165) is 0 Å². The number of carbonyl (C=O) groups excluding carboxylic acids is 2. The normalized spacial score (nSPS) is 11.9. The van der Waals surface area contributed by atoms with Gasteiger partial charge in [0.25, 0.3) is 5.91 Å². The molecule has 0 fully saturated rings. The average molecular weight is 393 g/mol. The number of nitrogens with zero attached hydrogens (tertiary/aromatic N) is 2. The minimum absolute atomic E-state index is 0.168. The molecule has 1 aliphatic rings. The van der Waals surface area contributed by atoms with Crippen molar-refractivity contribution in [2.24, 2.45) is 0 Å². The summed E-state index contributed by atoms with van der Waals surface area (Å²) >= 11 is 0. The van der Waals surface area contributed by atoms with Crippen LogP contribution in [0.4, 0.5) is 5.69 Å². The Morgan fingerprint density at radius 3 is 2.79 bits per heavy atom. The van der Waals surface area contributed by atoms with E-state index in [4.69, 9.17) is 14.2 Å². The number of hydrogen-bond acceptors (Lipinski definition) is 6. The average Bonchev–Trinajstić information content (AvgIpc) is 3.34. The van der Waals surface area contributed by atoms with Crippen LogP contribution in [0, 0.1) is 6.92 Å². The van der Waals surface area contributed by atoms with Crippen molar-refractivity contribution in [1.29, 1.82) is 0 Å². The third-order valence-corrected chi connectivity index (χ3v) is 4.30. The molecule has 2 heterocycles. The predicted octanol–water partition coefficient (Wildman–Crippen LogP) is 3.34. The highest BCUT2D eigenvalue weighted by Gasteiger charge is 2.18. The van der Waals surface area contributed by atoms with Gasteiger partial charge in [-0.15, -0.1) is 0 Å². The van der Waals surface area contributed by atoms with Crippen molar-refractivity contribution in [3.05, 3.63) is 65.5 Å². The molecule has 0 saturated heterocycles. The zero-order valence-corrected chi connectivity index (χ0v) is 16.0. The summed E-state index contributed by atoms with van der Waals surface area (Å²) in [6.45, 7) is 3.96. The SMILES string of the molecule is CCOC(=O)c1cc(C)nn1-c1cccc(C(=O)Nc2ccc3c(c2)OCO3)c1. The predicted molar refractivity (Wildman–Crippen MR) is 105 cm³/mol. The molecule has 0 spiro atoms. The van der Waals surface area contributed by atoms with Gasteiger partial charge < -0.3 is 19.5 Å². The number of anilines is 1. The molecule has 1 aromatic heterocycles. The van der Waals surface area contributed by atoms with E-state index in [1.165, 1.54) is 4.68 Å². The fraction of sp³-hybridized carbons (Fsp3) is 0.190. The maximum atomic E-state index is 12.7. The number of fused-ring (bicyclic) bond motifs is 1. The first kappa shape index (κ1) is 18.5. The minimum Gasteiger partial charge on any atom is -0.461 e. The first-order valence-corrected chi connectivity index (χ1v) is 9.10. The number of esters is 1. The molecular formula is C21H19N3O5. The second-order valence-corrected chi connectivity index (χ2v) is 6.38. The molecule has 29 heavy (non-hydrogen) atoms. The van der Waals surface area contributed by atoms with Crippen LogP contribution in [-0.2, 0) is 4.74 Å². The fourth-order valence-corrected chi connectivity index (χ4v) is 3.00. The van der Waals surface area contributed by atoms with Gasteiger partial charge in [0.05, 0.1) is 18.0 Å². The van der Waals surface area contributed by atoms with Crippen LogP contribution in [0.2, 0.25) is 0 Å². The van der Waals surface area contributed by atoms with Crippen molar-refractivity contribution >= 4 is 17.6 Å². The van der Waals surface area contributed by atoms with Crippen LogP contribution < -0.4 is 14.8 Å². The standard InChI is InChI=1S/C21H19N3O5/c1-3-27-21(26)17-9-13(2)23-24(17)16-6-4-5-14(10-16)20(25)22-15-7-8-18-19(11-15)29-12-28-18/h4-11H,3,12H2,1-2H3,(H,22,25). The summed E-state index contributed by atoms with van der Waals surface area (Å²) in [5, 5.41) is 7.20. The summed E-state index contributed by atoms with van der Waals surface area (Å²) < 4.78 is 17.2. The lowest BCUT2D eigenvalue weighted by Crippen LogP contribution is -2.14. The number of hydrogen-bond donors (Lipinski definition) is 1. The second-order valence-electron chi connectivity index (χ2n) is 6.38. The maximum absolute atomic E-state index is 12.7. The Morgan fingerprint density at radius 1 is 1.14 bits per heavy atom. The Bertz CT molecular complexity index is 1090. The summed E-state index contributed by atoms with van der Waals surface area (Å²) in [5.41, 5.74) is 2.57. The summed E-state index contributed by atoms with van der Waals surface area (Å²) in [6, 6.07) is 13.7. The second kappa shape index (κ2) is 7.67. The van der Waals surface area contributed by atoms with Gasteiger partial charge in [0, 0.05) is 17.3 Å². The van der Waals surface area contributed by atoms with Gasteiger partial charge in [0.15, 0.2) is 17.2 Å². The van der Waals surface area contributed by atoms with Crippen LogP contribution in [0.5, 0.6) is 11.5 Å². The Balaban J connectivity index is 1.59. The van der Waals surface area contributed by atoms with Crippen LogP contribution in [-0.4, -0.2) is 35.1 Å². The van der Waals surface area contributed by atoms with Gasteiger partial charge in [0.1, 0.15) is 0 Å². The Labute approximate surface area is 167 Å². The first-order valence-electron chi connectivity index (χ1n) is 9.10. The molecule has 0 aliphatic carbocycles. The largest absolute Gasteiger partial charge is 0.461 e. The van der Waals surface area contributed by atoms with Gasteiger partial charge in [-0.25, -0.2) is 9.48 Å². The van der Waals surface area contributed by atoms with Gasteiger partial charge in [-0.05, 0) is 50.2 Å². The molecule has 0 saturated carbocycles. The van der Waals surface area contributed by atoms with Crippen molar-refractivity contribution < 1.29 is 23.8 Å². The van der Waals surface area contributed by atoms with E-state index >= 15 is 0 Å². The lowest BCUT2D eigenvalue weighted by Gasteiger charge is -2.10. The molecule has 148 valence electrons. The van der Waals surface area contributed by atoms with E-state index in [1.807, 2.05) is 0 Å². The third-order valence-electron chi connectivity index (χ3n) is 4.30. The number of rotatable bonds is 5. The van der Waals surface area contributed by atoms with Gasteiger partial charge >= 0.3 is 5.97 Å². The Morgan fingerprint density at radius 2 is 1.97 bits per heavy atom. The third kappa shape index (κ3) is 3.77. The molecule has 8 nitrogen and oxygen atoms in total. The molecule has 0 radical (unpaired) electrons. The van der Waals surface area contributed by atoms with Crippen LogP contribution in [0.3, 0.4) is 0 Å². The van der Waals surface area contributed by atoms with E-state index in [-0.39, 0.29) is 19.3 Å². The van der Waals surface area contributed by atoms with Crippen LogP contribution in [0.15, 0.2) is 48.5 Å². The molecule has 1 N–H and O–H groups in total. The van der Waals surface area contributed by atoms with Gasteiger partial charge in [-0.3, -0.25) is 4.79 Å². The summed E-state index contributed by atoms with van der Waals surface area (Å²) in [7, 11) is 0. The molecule has 0 unspecified atom stereocenters. The van der Waals surface area contributed by atoms with Crippen LogP contribution >= 0.6 is 0 Å². The first-order chi connectivity index (χ1) is 14.0. The number of amides is 1. The van der Waals surface area contributed by atoms with Crippen molar-refractivity contribution in [2.45, 2.75) is 13.8 Å². The van der Waals surface area contributed by atoms with Crippen molar-refractivity contribution in [2.75, 3.05) is 18.7 Å². The van der Waals surface area contributed by atoms with E-state index in [1.54, 1.807) is 62.4 Å². The van der Waals surface area contributed by atoms with Gasteiger partial charge in [-0.1, -0.05) is 6.07 Å². The fourth-order valence-electron chi connectivity index (χ4n) is 3.00. The molecular weight excluding hydrogens is 374 g/mol. The molecule has 3 aromatic rings. The highest BCUT2D eigenvalue weighted by atomic mass is 16.7. The van der Waals surface area contributed by atoms with Crippen LogP contribution in [0.25, 0.3) is 5.69 Å². The Kier molecular flexibility index (Phi) is 4.90. The van der Waals surface area contributed by atoms with E-state index in [0.29, 0.717) is 39.8 Å². The molecule has 1 aliphatic heterocycles. The van der Waals surface area contributed by atoms with E-state index in [2.05, 4.69) is 10.4 Å². The molecule has 4 rings (SSSR count). The number of nitrogens with one attached hydrogen (secondary N) is 1. The lowest BCUT2D eigenvalue weighted by molar-refractivity contribution is 0.0515. The molecule has 8 heteroatoms. The number of aryl methyl sites for hydroxylation is 1. The zero-order chi connectivity index (χ0) is 20.4. The summed E-state index contributed by atoms with van der Waals surface area (Å²) in [4.78, 5) is 24.9. The number of aromatic nitrogens is 2. The monoisotopic (exact) mass is 393 g/mol. The topological polar surface area (TPSA) is 91.7 Å². The van der Waals surface area contributed by atoms with Crippen molar-refractivity contribution in [3.8, 4) is 17.2 Å². The van der Waals surface area contributed by atoms with E-state index in [9.17, 15) is 9.59 Å². The van der Waals surface area contributed by atoms with Crippen LogP contribution in [0.1, 0.15) is 33.5 Å². The molecule has 1 amide bonds. The number of carbonyl (C=O) groups is 2. The Hall–Kier alpha value is -3.81. The smallest absolute Gasteiger partial charge is 0.357 e. The number of ether oxygens (including phenoxy) is 3. The summed E-state index contributed by atoms with van der Waals surface area (Å²) in [5.74, 6) is 0.462. The molecule has 0 atom stereocenters. The maximum Gasteiger partial charge on any atom is 0.357 e. The minimum atomic E-state index is -0.469.